The lowest BCUT2D eigenvalue weighted by Gasteiger charge is -2.21. The summed E-state index contributed by atoms with van der Waals surface area (Å²) in [6, 6.07) is 17.1. The van der Waals surface area contributed by atoms with E-state index in [4.69, 9.17) is 15.5 Å². The maximum absolute atomic E-state index is 13.7. The summed E-state index contributed by atoms with van der Waals surface area (Å²) in [5, 5.41) is 4.34. The number of benzene rings is 2. The molecular formula is C31H33N3O3S. The molecule has 1 atom stereocenters. The minimum Gasteiger partial charge on any atom is -0.491 e. The monoisotopic (exact) mass is 527 g/mol. The average molecular weight is 528 g/mol. The SMILES string of the molecule is CCCC1CCc2c(sc(NC(=O)c3cc(-c4ccc(OC(C)C)cc4)nc4ccccc34)c2C(N)=O)C1. The van der Waals surface area contributed by atoms with Crippen LogP contribution in [0.5, 0.6) is 5.75 Å². The van der Waals surface area contributed by atoms with Crippen LogP contribution < -0.4 is 15.8 Å². The fraction of sp³-hybridized carbons (Fsp3) is 0.323. The van der Waals surface area contributed by atoms with E-state index in [1.165, 1.54) is 22.6 Å². The molecule has 0 aliphatic heterocycles. The number of thiophene rings is 1. The number of para-hydroxylation sites is 1. The van der Waals surface area contributed by atoms with Crippen LogP contribution in [0, 0.1) is 5.92 Å². The van der Waals surface area contributed by atoms with Gasteiger partial charge in [-0.05, 0) is 81.0 Å². The number of carbonyl (C=O) groups excluding carboxylic acids is 2. The van der Waals surface area contributed by atoms with Crippen molar-refractivity contribution in [2.45, 2.75) is 59.0 Å². The number of nitrogens with zero attached hydrogens (tertiary/aromatic N) is 1. The number of amides is 2. The van der Waals surface area contributed by atoms with Crippen molar-refractivity contribution >= 4 is 39.1 Å². The minimum absolute atomic E-state index is 0.0840. The molecule has 6 nitrogen and oxygen atoms in total. The van der Waals surface area contributed by atoms with Crippen molar-refractivity contribution in [2.75, 3.05) is 5.32 Å². The molecule has 0 radical (unpaired) electrons. The largest absolute Gasteiger partial charge is 0.491 e. The molecule has 1 aliphatic carbocycles. The number of anilines is 1. The molecular weight excluding hydrogens is 494 g/mol. The highest BCUT2D eigenvalue weighted by molar-refractivity contribution is 7.17. The van der Waals surface area contributed by atoms with Gasteiger partial charge in [-0.2, -0.15) is 0 Å². The Bertz CT molecular complexity index is 1490. The van der Waals surface area contributed by atoms with E-state index in [1.807, 2.05) is 68.4 Å². The van der Waals surface area contributed by atoms with Gasteiger partial charge < -0.3 is 15.8 Å². The first kappa shape index (κ1) is 25.9. The predicted octanol–water partition coefficient (Wildman–Crippen LogP) is 7.01. The normalized spacial score (nSPS) is 14.9. The average Bonchev–Trinajstić information content (AvgIpc) is 3.25. The van der Waals surface area contributed by atoms with Gasteiger partial charge in [0.15, 0.2) is 0 Å². The zero-order valence-corrected chi connectivity index (χ0v) is 22.9. The van der Waals surface area contributed by atoms with Gasteiger partial charge in [-0.1, -0.05) is 38.0 Å². The Morgan fingerprint density at radius 1 is 1.16 bits per heavy atom. The topological polar surface area (TPSA) is 94.3 Å². The number of nitrogens with one attached hydrogen (secondary N) is 1. The molecule has 0 saturated heterocycles. The third kappa shape index (κ3) is 5.29. The molecule has 2 amide bonds. The van der Waals surface area contributed by atoms with E-state index in [0.29, 0.717) is 27.7 Å². The number of carbonyl (C=O) groups is 2. The van der Waals surface area contributed by atoms with E-state index in [-0.39, 0.29) is 12.0 Å². The number of nitrogens with two attached hydrogens (primary N) is 1. The van der Waals surface area contributed by atoms with Crippen molar-refractivity contribution < 1.29 is 14.3 Å². The summed E-state index contributed by atoms with van der Waals surface area (Å²) in [4.78, 5) is 32.2. The lowest BCUT2D eigenvalue weighted by atomic mass is 9.84. The zero-order chi connectivity index (χ0) is 26.8. The van der Waals surface area contributed by atoms with Gasteiger partial charge in [0.2, 0.25) is 0 Å². The van der Waals surface area contributed by atoms with E-state index in [2.05, 4.69) is 12.2 Å². The molecule has 0 saturated carbocycles. The number of hydrogen-bond acceptors (Lipinski definition) is 5. The van der Waals surface area contributed by atoms with E-state index in [0.717, 1.165) is 53.5 Å². The van der Waals surface area contributed by atoms with Crippen LogP contribution in [-0.2, 0) is 12.8 Å². The van der Waals surface area contributed by atoms with Crippen molar-refractivity contribution in [3.63, 3.8) is 0 Å². The number of rotatable bonds is 8. The van der Waals surface area contributed by atoms with Crippen molar-refractivity contribution in [3.05, 3.63) is 76.2 Å². The van der Waals surface area contributed by atoms with E-state index in [1.54, 1.807) is 0 Å². The summed E-state index contributed by atoms with van der Waals surface area (Å²) in [6.45, 7) is 6.17. The smallest absolute Gasteiger partial charge is 0.257 e. The van der Waals surface area contributed by atoms with Crippen LogP contribution in [0.15, 0.2) is 54.6 Å². The Hall–Kier alpha value is -3.71. The summed E-state index contributed by atoms with van der Waals surface area (Å²) >= 11 is 1.49. The number of fused-ring (bicyclic) bond motifs is 2. The molecule has 2 aromatic heterocycles. The lowest BCUT2D eigenvalue weighted by Crippen LogP contribution is -2.20. The molecule has 1 unspecified atom stereocenters. The van der Waals surface area contributed by atoms with E-state index < -0.39 is 5.91 Å². The highest BCUT2D eigenvalue weighted by atomic mass is 32.1. The number of ether oxygens (including phenoxy) is 1. The summed E-state index contributed by atoms with van der Waals surface area (Å²) in [5.74, 6) is 0.621. The van der Waals surface area contributed by atoms with E-state index in [9.17, 15) is 9.59 Å². The predicted molar refractivity (Wildman–Crippen MR) is 154 cm³/mol. The first-order chi connectivity index (χ1) is 18.3. The van der Waals surface area contributed by atoms with Crippen LogP contribution in [-0.4, -0.2) is 22.9 Å². The minimum atomic E-state index is -0.490. The molecule has 2 aromatic carbocycles. The van der Waals surface area contributed by atoms with Gasteiger partial charge in [-0.3, -0.25) is 9.59 Å². The number of aromatic nitrogens is 1. The Morgan fingerprint density at radius 2 is 1.92 bits per heavy atom. The van der Waals surface area contributed by atoms with Crippen LogP contribution in [0.25, 0.3) is 22.2 Å². The second kappa shape index (κ2) is 11.0. The van der Waals surface area contributed by atoms with Gasteiger partial charge in [-0.15, -0.1) is 11.3 Å². The van der Waals surface area contributed by atoms with Crippen LogP contribution in [0.3, 0.4) is 0 Å². The number of primary amides is 1. The standard InChI is InChI=1S/C31H33N3O3S/c1-4-7-19-10-15-23-27(16-19)38-31(28(23)29(32)35)34-30(36)24-17-26(33-25-9-6-5-8-22(24)25)20-11-13-21(14-12-20)37-18(2)3/h5-6,8-9,11-14,17-19H,4,7,10,15-16H2,1-3H3,(H2,32,35)(H,34,36). The molecule has 3 N–H and O–H groups in total. The highest BCUT2D eigenvalue weighted by Crippen LogP contribution is 2.41. The van der Waals surface area contributed by atoms with E-state index >= 15 is 0 Å². The first-order valence-electron chi connectivity index (χ1n) is 13.3. The molecule has 0 bridgehead atoms. The zero-order valence-electron chi connectivity index (χ0n) is 22.0. The second-order valence-electron chi connectivity index (χ2n) is 10.2. The highest BCUT2D eigenvalue weighted by Gasteiger charge is 2.29. The van der Waals surface area contributed by atoms with Gasteiger partial charge in [-0.25, -0.2) is 4.98 Å². The third-order valence-electron chi connectivity index (χ3n) is 7.02. The quantitative estimate of drug-likeness (QED) is 0.258. The van der Waals surface area contributed by atoms with Crippen molar-refractivity contribution in [1.29, 1.82) is 0 Å². The molecule has 4 aromatic rings. The number of hydrogen-bond donors (Lipinski definition) is 2. The summed E-state index contributed by atoms with van der Waals surface area (Å²) in [7, 11) is 0. The van der Waals surface area contributed by atoms with Crippen LogP contribution in [0.4, 0.5) is 5.00 Å². The lowest BCUT2D eigenvalue weighted by molar-refractivity contribution is 0.1000. The van der Waals surface area contributed by atoms with Crippen molar-refractivity contribution in [1.82, 2.24) is 4.98 Å². The van der Waals surface area contributed by atoms with Gasteiger partial charge in [0.05, 0.1) is 28.4 Å². The molecule has 5 rings (SSSR count). The van der Waals surface area contributed by atoms with Crippen molar-refractivity contribution in [2.24, 2.45) is 11.7 Å². The fourth-order valence-electron chi connectivity index (χ4n) is 5.32. The van der Waals surface area contributed by atoms with Gasteiger partial charge in [0.25, 0.3) is 11.8 Å². The maximum Gasteiger partial charge on any atom is 0.257 e. The third-order valence-corrected chi connectivity index (χ3v) is 8.19. The number of pyridine rings is 1. The van der Waals surface area contributed by atoms with Crippen LogP contribution in [0.1, 0.15) is 71.2 Å². The van der Waals surface area contributed by atoms with Gasteiger partial charge in [0, 0.05) is 15.8 Å². The first-order valence-corrected chi connectivity index (χ1v) is 14.1. The molecule has 2 heterocycles. The molecule has 7 heteroatoms. The van der Waals surface area contributed by atoms with Crippen LogP contribution in [0.2, 0.25) is 0 Å². The molecule has 0 fully saturated rings. The Balaban J connectivity index is 1.50. The summed E-state index contributed by atoms with van der Waals surface area (Å²) in [5.41, 5.74) is 10.1. The molecule has 0 spiro atoms. The molecule has 1 aliphatic rings. The van der Waals surface area contributed by atoms with Crippen molar-refractivity contribution in [3.8, 4) is 17.0 Å². The maximum atomic E-state index is 13.7. The van der Waals surface area contributed by atoms with Crippen LogP contribution >= 0.6 is 11.3 Å². The Morgan fingerprint density at radius 3 is 2.63 bits per heavy atom. The summed E-state index contributed by atoms with van der Waals surface area (Å²) < 4.78 is 5.77. The molecule has 196 valence electrons. The molecule has 38 heavy (non-hydrogen) atoms. The second-order valence-corrected chi connectivity index (χ2v) is 11.3. The Labute approximate surface area is 227 Å². The van der Waals surface area contributed by atoms with Gasteiger partial charge >= 0.3 is 0 Å². The fourth-order valence-corrected chi connectivity index (χ4v) is 6.68. The van der Waals surface area contributed by atoms with Gasteiger partial charge in [0.1, 0.15) is 10.8 Å². The summed E-state index contributed by atoms with van der Waals surface area (Å²) in [6.07, 6.45) is 5.20. The Kier molecular flexibility index (Phi) is 7.47.